The Morgan fingerprint density at radius 2 is 0.577 bits per heavy atom. The molecule has 0 aliphatic heterocycles. The molecule has 0 aliphatic carbocycles. The third-order valence-electron chi connectivity index (χ3n) is 12.0. The van der Waals surface area contributed by atoms with E-state index in [9.17, 15) is 14.4 Å². The highest BCUT2D eigenvalue weighted by Crippen LogP contribution is 2.15. The van der Waals surface area contributed by atoms with Crippen LogP contribution < -0.4 is 0 Å². The van der Waals surface area contributed by atoms with Crippen LogP contribution in [0.1, 0.15) is 252 Å². The summed E-state index contributed by atoms with van der Waals surface area (Å²) < 4.78 is 16.7. The van der Waals surface area contributed by atoms with Gasteiger partial charge in [0.25, 0.3) is 0 Å². The molecular weight excluding hydrogens is 877 g/mol. The van der Waals surface area contributed by atoms with Crippen LogP contribution in [-0.2, 0) is 28.6 Å². The molecule has 0 saturated heterocycles. The van der Waals surface area contributed by atoms with Crippen molar-refractivity contribution in [2.24, 2.45) is 0 Å². The Kier molecular flexibility index (Phi) is 54.9. The predicted molar refractivity (Wildman–Crippen MR) is 306 cm³/mol. The van der Waals surface area contributed by atoms with Crippen molar-refractivity contribution in [1.82, 2.24) is 0 Å². The first-order valence-corrected chi connectivity index (χ1v) is 29.0. The lowest BCUT2D eigenvalue weighted by Crippen LogP contribution is -2.30. The fraction of sp³-hybridized carbons (Fsp3) is 0.646. The highest BCUT2D eigenvalue weighted by Gasteiger charge is 2.19. The van der Waals surface area contributed by atoms with E-state index < -0.39 is 12.1 Å². The first kappa shape index (κ1) is 66.8. The molecule has 0 aromatic rings. The Bertz CT molecular complexity index is 1500. The Morgan fingerprint density at radius 1 is 0.296 bits per heavy atom. The highest BCUT2D eigenvalue weighted by atomic mass is 16.6. The van der Waals surface area contributed by atoms with Gasteiger partial charge in [-0.25, -0.2) is 0 Å². The number of esters is 3. The maximum absolute atomic E-state index is 12.8. The van der Waals surface area contributed by atoms with Gasteiger partial charge in [0.15, 0.2) is 6.10 Å². The van der Waals surface area contributed by atoms with Gasteiger partial charge in [0.1, 0.15) is 13.2 Å². The number of ether oxygens (including phenoxy) is 3. The molecule has 0 fully saturated rings. The van der Waals surface area contributed by atoms with Crippen LogP contribution in [0.2, 0.25) is 0 Å². The second-order valence-corrected chi connectivity index (χ2v) is 18.8. The largest absolute Gasteiger partial charge is 0.462 e. The molecule has 0 spiro atoms. The molecule has 0 bridgehead atoms. The molecule has 1 atom stereocenters. The van der Waals surface area contributed by atoms with E-state index in [1.165, 1.54) is 122 Å². The van der Waals surface area contributed by atoms with Gasteiger partial charge in [-0.05, 0) is 103 Å². The van der Waals surface area contributed by atoms with E-state index in [4.69, 9.17) is 14.2 Å². The maximum Gasteiger partial charge on any atom is 0.306 e. The molecule has 6 heteroatoms. The van der Waals surface area contributed by atoms with Gasteiger partial charge >= 0.3 is 17.9 Å². The average molecular weight is 984 g/mol. The first-order chi connectivity index (χ1) is 35.0. The van der Waals surface area contributed by atoms with Crippen molar-refractivity contribution in [2.75, 3.05) is 13.2 Å². The Labute approximate surface area is 437 Å². The van der Waals surface area contributed by atoms with Crippen LogP contribution in [0.25, 0.3) is 0 Å². The molecule has 0 aromatic heterocycles. The fourth-order valence-electron chi connectivity index (χ4n) is 7.68. The Hall–Kier alpha value is -4.19. The summed E-state index contributed by atoms with van der Waals surface area (Å²) >= 11 is 0. The van der Waals surface area contributed by atoms with Gasteiger partial charge in [0.05, 0.1) is 0 Å². The molecule has 1 unspecified atom stereocenters. The number of rotatable bonds is 51. The number of carbonyl (C=O) groups excluding carboxylic acids is 3. The Balaban J connectivity index is 4.32. The van der Waals surface area contributed by atoms with E-state index in [1.807, 2.05) is 24.3 Å². The lowest BCUT2D eigenvalue weighted by molar-refractivity contribution is -0.166. The van der Waals surface area contributed by atoms with Crippen LogP contribution >= 0.6 is 0 Å². The molecule has 6 nitrogen and oxygen atoms in total. The monoisotopic (exact) mass is 983 g/mol. The molecule has 0 rings (SSSR count). The van der Waals surface area contributed by atoms with Gasteiger partial charge < -0.3 is 14.2 Å². The number of unbranched alkanes of at least 4 members (excludes halogenated alkanes) is 20. The standard InChI is InChI=1S/C65H106O6/c1-4-7-10-13-16-19-22-25-26-27-28-29-30-31-32-33-34-35-36-37-38-41-43-46-49-52-55-58-64(67)70-61-62(71-65(68)59-56-53-50-47-44-40-24-21-18-15-12-9-6-3)60-69-63(66)57-54-51-48-45-42-39-23-20-17-14-11-8-5-2/h8-9,11-12,17-18,20-22,25,27-28,39-40,42,44,48,50-51,53,62H,4-7,10,13-16,19,23-24,26,29-38,41,43,45-47,49,52,54-61H2,1-3H3/b11-8-,12-9-,20-17-,21-18-,25-22-,28-27-,42-39-,44-40-,51-48-,53-50-. The minimum absolute atomic E-state index is 0.131. The molecule has 0 aromatic carbocycles. The summed E-state index contributed by atoms with van der Waals surface area (Å²) in [6.45, 7) is 6.27. The lowest BCUT2D eigenvalue weighted by Gasteiger charge is -2.18. The van der Waals surface area contributed by atoms with Crippen LogP contribution in [0.15, 0.2) is 122 Å². The van der Waals surface area contributed by atoms with E-state index in [2.05, 4.69) is 118 Å². The molecule has 0 aliphatic rings. The molecule has 71 heavy (non-hydrogen) atoms. The third kappa shape index (κ3) is 56.6. The molecule has 0 amide bonds. The number of carbonyl (C=O) groups is 3. The summed E-state index contributed by atoms with van der Waals surface area (Å²) in [5, 5.41) is 0. The van der Waals surface area contributed by atoms with E-state index >= 15 is 0 Å². The summed E-state index contributed by atoms with van der Waals surface area (Å²) in [6, 6.07) is 0. The average Bonchev–Trinajstić information content (AvgIpc) is 3.37. The molecule has 0 N–H and O–H groups in total. The van der Waals surface area contributed by atoms with Crippen molar-refractivity contribution < 1.29 is 28.6 Å². The SMILES string of the molecule is CC/C=C\C/C=C\C/C=C\C/C=C\CCC(=O)OCC(COC(=O)CCCCCCCCCCCCCCCCC/C=C\C/C=C\CCCCCCC)OC(=O)CC/C=C\C/C=C\C/C=C\C/C=C\CC. The van der Waals surface area contributed by atoms with Crippen LogP contribution in [0, 0.1) is 0 Å². The Morgan fingerprint density at radius 3 is 0.944 bits per heavy atom. The number of allylic oxidation sites excluding steroid dienone is 20. The van der Waals surface area contributed by atoms with Gasteiger partial charge in [-0.1, -0.05) is 251 Å². The highest BCUT2D eigenvalue weighted by molar-refractivity contribution is 5.71. The smallest absolute Gasteiger partial charge is 0.306 e. The summed E-state index contributed by atoms with van der Waals surface area (Å²) in [5.74, 6) is -1.10. The minimum atomic E-state index is -0.847. The van der Waals surface area contributed by atoms with Crippen LogP contribution in [0.5, 0.6) is 0 Å². The van der Waals surface area contributed by atoms with Gasteiger partial charge in [0.2, 0.25) is 0 Å². The molecular formula is C65H106O6. The molecule has 0 heterocycles. The van der Waals surface area contributed by atoms with Crippen LogP contribution in [-0.4, -0.2) is 37.2 Å². The van der Waals surface area contributed by atoms with Crippen molar-refractivity contribution in [1.29, 1.82) is 0 Å². The number of hydrogen-bond donors (Lipinski definition) is 0. The van der Waals surface area contributed by atoms with Gasteiger partial charge in [-0.2, -0.15) is 0 Å². The fourth-order valence-corrected chi connectivity index (χ4v) is 7.68. The summed E-state index contributed by atoms with van der Waals surface area (Å²) in [7, 11) is 0. The number of hydrogen-bond acceptors (Lipinski definition) is 6. The van der Waals surface area contributed by atoms with E-state index in [0.717, 1.165) is 77.0 Å². The van der Waals surface area contributed by atoms with Gasteiger partial charge in [-0.15, -0.1) is 0 Å². The van der Waals surface area contributed by atoms with Crippen LogP contribution in [0.4, 0.5) is 0 Å². The van der Waals surface area contributed by atoms with Gasteiger partial charge in [0, 0.05) is 19.3 Å². The zero-order chi connectivity index (χ0) is 51.4. The summed E-state index contributed by atoms with van der Waals surface area (Å²) in [4.78, 5) is 38.0. The zero-order valence-electron chi connectivity index (χ0n) is 45.9. The van der Waals surface area contributed by atoms with E-state index in [0.29, 0.717) is 19.3 Å². The lowest BCUT2D eigenvalue weighted by atomic mass is 10.0. The van der Waals surface area contributed by atoms with E-state index in [1.54, 1.807) is 0 Å². The second kappa shape index (κ2) is 58.4. The van der Waals surface area contributed by atoms with Crippen molar-refractivity contribution >= 4 is 17.9 Å². The van der Waals surface area contributed by atoms with Crippen molar-refractivity contribution in [2.45, 2.75) is 258 Å². The molecule has 402 valence electrons. The third-order valence-corrected chi connectivity index (χ3v) is 12.0. The summed E-state index contributed by atoms with van der Waals surface area (Å²) in [5.41, 5.74) is 0. The van der Waals surface area contributed by atoms with Crippen molar-refractivity contribution in [3.8, 4) is 0 Å². The molecule has 0 radical (unpaired) electrons. The maximum atomic E-state index is 12.8. The predicted octanol–water partition coefficient (Wildman–Crippen LogP) is 19.6. The zero-order valence-corrected chi connectivity index (χ0v) is 45.9. The normalized spacial score (nSPS) is 13.0. The first-order valence-electron chi connectivity index (χ1n) is 29.0. The topological polar surface area (TPSA) is 78.9 Å². The van der Waals surface area contributed by atoms with Crippen LogP contribution in [0.3, 0.4) is 0 Å². The minimum Gasteiger partial charge on any atom is -0.462 e. The quantitative estimate of drug-likeness (QED) is 0.0261. The van der Waals surface area contributed by atoms with Crippen molar-refractivity contribution in [3.05, 3.63) is 122 Å². The summed E-state index contributed by atoms with van der Waals surface area (Å²) in [6.07, 6.45) is 81.0. The molecule has 0 saturated carbocycles. The second-order valence-electron chi connectivity index (χ2n) is 18.8. The van der Waals surface area contributed by atoms with Gasteiger partial charge in [-0.3, -0.25) is 14.4 Å². The van der Waals surface area contributed by atoms with E-state index in [-0.39, 0.29) is 38.0 Å². The van der Waals surface area contributed by atoms with Crippen molar-refractivity contribution in [3.63, 3.8) is 0 Å².